The summed E-state index contributed by atoms with van der Waals surface area (Å²) in [7, 11) is 0. The molecule has 1 heterocycles. The molecular formula is C14H26N2O3. The highest BCUT2D eigenvalue weighted by Crippen LogP contribution is 2.58. The van der Waals surface area contributed by atoms with E-state index in [0.717, 1.165) is 6.42 Å². The Balaban J connectivity index is 2.01. The van der Waals surface area contributed by atoms with Gasteiger partial charge in [0.15, 0.2) is 0 Å². The topological polar surface area (TPSA) is 73.6 Å². The second-order valence-corrected chi connectivity index (χ2v) is 6.31. The average molecular weight is 270 g/mol. The highest BCUT2D eigenvalue weighted by molar-refractivity contribution is 5.89. The summed E-state index contributed by atoms with van der Waals surface area (Å²) in [5, 5.41) is 2.98. The fraction of sp³-hybridized carbons (Fsp3) is 0.929. The molecule has 110 valence electrons. The molecule has 0 aromatic carbocycles. The van der Waals surface area contributed by atoms with Crippen LogP contribution in [0.2, 0.25) is 0 Å². The highest BCUT2D eigenvalue weighted by atomic mass is 16.5. The number of nitrogens with one attached hydrogen (secondary N) is 1. The zero-order valence-corrected chi connectivity index (χ0v) is 12.4. The van der Waals surface area contributed by atoms with Crippen molar-refractivity contribution in [1.29, 1.82) is 0 Å². The smallest absolute Gasteiger partial charge is 0.241 e. The number of ether oxygens (including phenoxy) is 2. The van der Waals surface area contributed by atoms with Gasteiger partial charge < -0.3 is 20.5 Å². The molecule has 4 atom stereocenters. The van der Waals surface area contributed by atoms with Crippen molar-refractivity contribution in [2.24, 2.45) is 17.1 Å². The first kappa shape index (κ1) is 14.8. The number of hydrogen-bond acceptors (Lipinski definition) is 4. The standard InChI is InChI=1S/C14H26N2O3/c1-5-18-8-9(2)16-12(17)14(15)10-6-7-19-11(10)13(14,3)4/h9-11H,5-8,15H2,1-4H3,(H,16,17). The van der Waals surface area contributed by atoms with E-state index in [-0.39, 0.29) is 29.4 Å². The molecule has 2 rings (SSSR count). The van der Waals surface area contributed by atoms with Crippen LogP contribution in [-0.4, -0.2) is 43.4 Å². The molecule has 1 amide bonds. The monoisotopic (exact) mass is 270 g/mol. The summed E-state index contributed by atoms with van der Waals surface area (Å²) < 4.78 is 11.0. The van der Waals surface area contributed by atoms with Crippen molar-refractivity contribution >= 4 is 5.91 Å². The highest BCUT2D eigenvalue weighted by Gasteiger charge is 2.71. The summed E-state index contributed by atoms with van der Waals surface area (Å²) in [6, 6.07) is -0.0231. The molecule has 5 nitrogen and oxygen atoms in total. The van der Waals surface area contributed by atoms with Gasteiger partial charge in [-0.05, 0) is 20.3 Å². The van der Waals surface area contributed by atoms with Crippen LogP contribution in [0.25, 0.3) is 0 Å². The van der Waals surface area contributed by atoms with Crippen molar-refractivity contribution in [3.05, 3.63) is 0 Å². The minimum absolute atomic E-state index is 0.0231. The zero-order chi connectivity index (χ0) is 14.3. The minimum Gasteiger partial charge on any atom is -0.380 e. The van der Waals surface area contributed by atoms with Gasteiger partial charge in [0.05, 0.1) is 12.7 Å². The van der Waals surface area contributed by atoms with Crippen LogP contribution in [0.5, 0.6) is 0 Å². The molecule has 4 unspecified atom stereocenters. The molecule has 5 heteroatoms. The molecule has 19 heavy (non-hydrogen) atoms. The van der Waals surface area contributed by atoms with E-state index in [0.29, 0.717) is 19.8 Å². The lowest BCUT2D eigenvalue weighted by Crippen LogP contribution is -2.80. The minimum atomic E-state index is -0.825. The molecule has 3 N–H and O–H groups in total. The maximum Gasteiger partial charge on any atom is 0.241 e. The molecule has 0 spiro atoms. The average Bonchev–Trinajstić information content (AvgIpc) is 2.83. The fourth-order valence-corrected chi connectivity index (χ4v) is 3.52. The molecule has 1 aliphatic carbocycles. The summed E-state index contributed by atoms with van der Waals surface area (Å²) in [5.74, 6) is 0.0678. The van der Waals surface area contributed by atoms with Crippen molar-refractivity contribution in [1.82, 2.24) is 5.32 Å². The van der Waals surface area contributed by atoms with E-state index in [9.17, 15) is 4.79 Å². The Hall–Kier alpha value is -0.650. The number of carbonyl (C=O) groups is 1. The number of nitrogens with two attached hydrogens (primary N) is 1. The second-order valence-electron chi connectivity index (χ2n) is 6.31. The summed E-state index contributed by atoms with van der Waals surface area (Å²) in [4.78, 5) is 12.5. The predicted octanol–water partition coefficient (Wildman–Crippen LogP) is 0.670. The van der Waals surface area contributed by atoms with Gasteiger partial charge in [-0.1, -0.05) is 13.8 Å². The number of amides is 1. The van der Waals surface area contributed by atoms with Crippen LogP contribution in [0.1, 0.15) is 34.1 Å². The van der Waals surface area contributed by atoms with Crippen molar-refractivity contribution in [2.75, 3.05) is 19.8 Å². The largest absolute Gasteiger partial charge is 0.380 e. The third-order valence-corrected chi connectivity index (χ3v) is 4.78. The van der Waals surface area contributed by atoms with Gasteiger partial charge in [0.2, 0.25) is 5.91 Å². The van der Waals surface area contributed by atoms with Crippen molar-refractivity contribution in [2.45, 2.75) is 51.8 Å². The van der Waals surface area contributed by atoms with E-state index in [2.05, 4.69) is 5.32 Å². The number of carbonyl (C=O) groups excluding carboxylic acids is 1. The molecular weight excluding hydrogens is 244 g/mol. The molecule has 1 aliphatic heterocycles. The lowest BCUT2D eigenvalue weighted by molar-refractivity contribution is -0.176. The normalized spacial score (nSPS) is 37.3. The van der Waals surface area contributed by atoms with Gasteiger partial charge in [-0.15, -0.1) is 0 Å². The van der Waals surface area contributed by atoms with Crippen LogP contribution in [-0.2, 0) is 14.3 Å². The Morgan fingerprint density at radius 3 is 2.89 bits per heavy atom. The molecule has 0 aromatic heterocycles. The van der Waals surface area contributed by atoms with Crippen LogP contribution in [0.3, 0.4) is 0 Å². The summed E-state index contributed by atoms with van der Waals surface area (Å²) >= 11 is 0. The summed E-state index contributed by atoms with van der Waals surface area (Å²) in [6.07, 6.45) is 0.989. The fourth-order valence-electron chi connectivity index (χ4n) is 3.52. The lowest BCUT2D eigenvalue weighted by atomic mass is 9.48. The van der Waals surface area contributed by atoms with E-state index in [1.165, 1.54) is 0 Å². The van der Waals surface area contributed by atoms with Gasteiger partial charge >= 0.3 is 0 Å². The molecule has 0 radical (unpaired) electrons. The van der Waals surface area contributed by atoms with Crippen LogP contribution < -0.4 is 11.1 Å². The van der Waals surface area contributed by atoms with Gasteiger partial charge in [-0.2, -0.15) is 0 Å². The Bertz CT molecular complexity index is 359. The maximum atomic E-state index is 12.5. The number of hydrogen-bond donors (Lipinski definition) is 2. The lowest BCUT2D eigenvalue weighted by Gasteiger charge is -2.60. The van der Waals surface area contributed by atoms with E-state index in [1.54, 1.807) is 0 Å². The van der Waals surface area contributed by atoms with Gasteiger partial charge in [0.1, 0.15) is 5.54 Å². The van der Waals surface area contributed by atoms with E-state index in [4.69, 9.17) is 15.2 Å². The number of fused-ring (bicyclic) bond motifs is 1. The van der Waals surface area contributed by atoms with Gasteiger partial charge in [-0.3, -0.25) is 4.79 Å². The van der Waals surface area contributed by atoms with Crippen molar-refractivity contribution in [3.8, 4) is 0 Å². The van der Waals surface area contributed by atoms with Crippen LogP contribution in [0.15, 0.2) is 0 Å². The third kappa shape index (κ3) is 2.08. The second kappa shape index (κ2) is 5.04. The quantitative estimate of drug-likeness (QED) is 0.770. The third-order valence-electron chi connectivity index (χ3n) is 4.78. The molecule has 1 saturated carbocycles. The van der Waals surface area contributed by atoms with Gasteiger partial charge in [0.25, 0.3) is 0 Å². The predicted molar refractivity (Wildman–Crippen MR) is 72.6 cm³/mol. The molecule has 2 aliphatic rings. The molecule has 2 fully saturated rings. The SMILES string of the molecule is CCOCC(C)NC(=O)C1(N)C2CCOC2C1(C)C. The number of rotatable bonds is 5. The van der Waals surface area contributed by atoms with Gasteiger partial charge in [-0.25, -0.2) is 0 Å². The Labute approximate surface area is 115 Å². The first-order valence-corrected chi connectivity index (χ1v) is 7.14. The molecule has 1 saturated heterocycles. The summed E-state index contributed by atoms with van der Waals surface area (Å²) in [6.45, 7) is 9.79. The van der Waals surface area contributed by atoms with Crippen LogP contribution in [0, 0.1) is 11.3 Å². The first-order chi connectivity index (χ1) is 8.85. The zero-order valence-electron chi connectivity index (χ0n) is 12.4. The van der Waals surface area contributed by atoms with Crippen molar-refractivity contribution < 1.29 is 14.3 Å². The molecule has 0 bridgehead atoms. The van der Waals surface area contributed by atoms with Crippen LogP contribution in [0.4, 0.5) is 0 Å². The molecule has 0 aromatic rings. The van der Waals surface area contributed by atoms with Gasteiger partial charge in [0, 0.05) is 30.6 Å². The summed E-state index contributed by atoms with van der Waals surface area (Å²) in [5.41, 5.74) is 5.31. The van der Waals surface area contributed by atoms with E-state index in [1.807, 2.05) is 27.7 Å². The van der Waals surface area contributed by atoms with E-state index < -0.39 is 5.54 Å². The van der Waals surface area contributed by atoms with E-state index >= 15 is 0 Å². The Kier molecular flexibility index (Phi) is 3.91. The van der Waals surface area contributed by atoms with Crippen molar-refractivity contribution in [3.63, 3.8) is 0 Å². The Morgan fingerprint density at radius 2 is 2.26 bits per heavy atom. The van der Waals surface area contributed by atoms with Crippen LogP contribution >= 0.6 is 0 Å². The first-order valence-electron chi connectivity index (χ1n) is 7.14. The maximum absolute atomic E-state index is 12.5. The Morgan fingerprint density at radius 1 is 1.58 bits per heavy atom.